The van der Waals surface area contributed by atoms with Gasteiger partial charge in [0.15, 0.2) is 0 Å². The van der Waals surface area contributed by atoms with Gasteiger partial charge >= 0.3 is 5.69 Å². The summed E-state index contributed by atoms with van der Waals surface area (Å²) in [7, 11) is 1.76. The maximum absolute atomic E-state index is 10.6. The fraction of sp³-hybridized carbons (Fsp3) is 0.375. The molecule has 0 aromatic carbocycles. The van der Waals surface area contributed by atoms with Crippen LogP contribution in [-0.4, -0.2) is 30.1 Å². The van der Waals surface area contributed by atoms with E-state index in [0.717, 1.165) is 0 Å². The van der Waals surface area contributed by atoms with Crippen molar-refractivity contribution in [3.05, 3.63) is 27.4 Å². The van der Waals surface area contributed by atoms with E-state index >= 15 is 0 Å². The lowest BCUT2D eigenvalue weighted by Crippen LogP contribution is -2.16. The predicted octanol–water partition coefficient (Wildman–Crippen LogP) is 1.24. The standard InChI is InChI=1S/C8H10ClN3O3/c1-10-2-3-15-8-7(12(13)14)4-6(9)5-11-8/h4-5,10H,2-3H2,1H3. The van der Waals surface area contributed by atoms with Gasteiger partial charge < -0.3 is 10.1 Å². The number of nitrogens with one attached hydrogen (secondary N) is 1. The summed E-state index contributed by atoms with van der Waals surface area (Å²) in [5, 5.41) is 13.7. The molecular weight excluding hydrogens is 222 g/mol. The van der Waals surface area contributed by atoms with Gasteiger partial charge in [0, 0.05) is 12.6 Å². The van der Waals surface area contributed by atoms with Crippen LogP contribution in [0.25, 0.3) is 0 Å². The van der Waals surface area contributed by atoms with Gasteiger partial charge in [-0.15, -0.1) is 0 Å². The number of aromatic nitrogens is 1. The molecule has 0 aliphatic rings. The Labute approximate surface area is 91.4 Å². The summed E-state index contributed by atoms with van der Waals surface area (Å²) in [4.78, 5) is 13.8. The summed E-state index contributed by atoms with van der Waals surface area (Å²) in [5.74, 6) is -0.0142. The number of halogens is 1. The number of likely N-dealkylation sites (N-methyl/N-ethyl adjacent to an activating group) is 1. The molecule has 0 atom stereocenters. The Hall–Kier alpha value is -1.40. The van der Waals surface area contributed by atoms with E-state index in [0.29, 0.717) is 13.2 Å². The molecule has 0 aliphatic carbocycles. The van der Waals surface area contributed by atoms with Crippen LogP contribution in [0.4, 0.5) is 5.69 Å². The maximum Gasteiger partial charge on any atom is 0.332 e. The predicted molar refractivity (Wildman–Crippen MR) is 55.3 cm³/mol. The fourth-order valence-corrected chi connectivity index (χ4v) is 1.06. The SMILES string of the molecule is CNCCOc1ncc(Cl)cc1[N+](=O)[O-]. The Bertz CT molecular complexity index is 359. The first-order valence-electron chi connectivity index (χ1n) is 4.22. The zero-order valence-corrected chi connectivity index (χ0v) is 8.82. The lowest BCUT2D eigenvalue weighted by Gasteiger charge is -2.04. The smallest absolute Gasteiger partial charge is 0.332 e. The van der Waals surface area contributed by atoms with E-state index in [-0.39, 0.29) is 16.6 Å². The number of hydrogen-bond acceptors (Lipinski definition) is 5. The zero-order valence-electron chi connectivity index (χ0n) is 8.07. The highest BCUT2D eigenvalue weighted by Crippen LogP contribution is 2.26. The van der Waals surface area contributed by atoms with Gasteiger partial charge in [0.05, 0.1) is 16.1 Å². The average molecular weight is 232 g/mol. The van der Waals surface area contributed by atoms with E-state index in [1.54, 1.807) is 7.05 Å². The van der Waals surface area contributed by atoms with Crippen molar-refractivity contribution in [1.82, 2.24) is 10.3 Å². The van der Waals surface area contributed by atoms with Gasteiger partial charge in [-0.05, 0) is 7.05 Å². The molecule has 1 rings (SSSR count). The maximum atomic E-state index is 10.6. The lowest BCUT2D eigenvalue weighted by atomic mass is 10.4. The van der Waals surface area contributed by atoms with E-state index in [1.807, 2.05) is 0 Å². The summed E-state index contributed by atoms with van der Waals surface area (Å²) in [6.45, 7) is 0.896. The Balaban J connectivity index is 2.81. The lowest BCUT2D eigenvalue weighted by molar-refractivity contribution is -0.386. The highest BCUT2D eigenvalue weighted by atomic mass is 35.5. The van der Waals surface area contributed by atoms with Crippen LogP contribution < -0.4 is 10.1 Å². The Kier molecular flexibility index (Phi) is 4.26. The van der Waals surface area contributed by atoms with Crippen molar-refractivity contribution in [2.45, 2.75) is 0 Å². The number of ether oxygens (including phenoxy) is 1. The highest BCUT2D eigenvalue weighted by Gasteiger charge is 2.17. The van der Waals surface area contributed by atoms with Crippen molar-refractivity contribution >= 4 is 17.3 Å². The summed E-state index contributed by atoms with van der Waals surface area (Å²) in [6, 6.07) is 1.21. The first kappa shape index (κ1) is 11.7. The van der Waals surface area contributed by atoms with Crippen LogP contribution in [0.2, 0.25) is 5.02 Å². The van der Waals surface area contributed by atoms with Crippen LogP contribution in [0.15, 0.2) is 12.3 Å². The number of pyridine rings is 1. The summed E-state index contributed by atoms with van der Waals surface area (Å²) >= 11 is 5.59. The second kappa shape index (κ2) is 5.47. The monoisotopic (exact) mass is 231 g/mol. The van der Waals surface area contributed by atoms with Crippen molar-refractivity contribution in [3.63, 3.8) is 0 Å². The first-order chi connectivity index (χ1) is 7.15. The van der Waals surface area contributed by atoms with E-state index in [9.17, 15) is 10.1 Å². The number of hydrogen-bond donors (Lipinski definition) is 1. The quantitative estimate of drug-likeness (QED) is 0.469. The minimum atomic E-state index is -0.576. The van der Waals surface area contributed by atoms with E-state index in [1.165, 1.54) is 12.3 Å². The molecule has 0 unspecified atom stereocenters. The van der Waals surface area contributed by atoms with Crippen molar-refractivity contribution < 1.29 is 9.66 Å². The number of rotatable bonds is 5. The van der Waals surface area contributed by atoms with Crippen molar-refractivity contribution in [2.75, 3.05) is 20.2 Å². The van der Waals surface area contributed by atoms with Crippen LogP contribution in [0.3, 0.4) is 0 Å². The highest BCUT2D eigenvalue weighted by molar-refractivity contribution is 6.30. The summed E-state index contributed by atoms with van der Waals surface area (Å²) in [5.41, 5.74) is -0.224. The molecule has 0 amide bonds. The molecule has 0 bridgehead atoms. The first-order valence-corrected chi connectivity index (χ1v) is 4.60. The van der Waals surface area contributed by atoms with Gasteiger partial charge in [-0.25, -0.2) is 4.98 Å². The molecule has 0 saturated carbocycles. The third kappa shape index (κ3) is 3.34. The van der Waals surface area contributed by atoms with Crippen LogP contribution >= 0.6 is 11.6 Å². The fourth-order valence-electron chi connectivity index (χ4n) is 0.908. The van der Waals surface area contributed by atoms with Gasteiger partial charge in [0.1, 0.15) is 6.61 Å². The minimum Gasteiger partial charge on any atom is -0.471 e. The Morgan fingerprint density at radius 3 is 3.07 bits per heavy atom. The third-order valence-corrected chi connectivity index (χ3v) is 1.79. The van der Waals surface area contributed by atoms with E-state index < -0.39 is 4.92 Å². The Morgan fingerprint density at radius 1 is 1.73 bits per heavy atom. The van der Waals surface area contributed by atoms with Gasteiger partial charge in [-0.3, -0.25) is 10.1 Å². The topological polar surface area (TPSA) is 77.3 Å². The van der Waals surface area contributed by atoms with Crippen LogP contribution in [0.5, 0.6) is 5.88 Å². The van der Waals surface area contributed by atoms with Gasteiger partial charge in [0.2, 0.25) is 0 Å². The molecule has 0 spiro atoms. The molecule has 0 fully saturated rings. The van der Waals surface area contributed by atoms with Crippen molar-refractivity contribution in [2.24, 2.45) is 0 Å². The normalized spacial score (nSPS) is 10.0. The number of nitro groups is 1. The van der Waals surface area contributed by atoms with Crippen molar-refractivity contribution in [1.29, 1.82) is 0 Å². The Morgan fingerprint density at radius 2 is 2.47 bits per heavy atom. The van der Waals surface area contributed by atoms with Crippen LogP contribution in [-0.2, 0) is 0 Å². The van der Waals surface area contributed by atoms with Crippen LogP contribution in [0, 0.1) is 10.1 Å². The molecule has 7 heteroatoms. The summed E-state index contributed by atoms with van der Waals surface area (Å²) in [6.07, 6.45) is 1.31. The zero-order chi connectivity index (χ0) is 11.3. The van der Waals surface area contributed by atoms with Gasteiger partial charge in [-0.2, -0.15) is 0 Å². The molecule has 1 N–H and O–H groups in total. The molecular formula is C8H10ClN3O3. The third-order valence-electron chi connectivity index (χ3n) is 1.59. The molecule has 0 radical (unpaired) electrons. The van der Waals surface area contributed by atoms with E-state index in [4.69, 9.17) is 16.3 Å². The second-order valence-corrected chi connectivity index (χ2v) is 3.12. The molecule has 0 saturated heterocycles. The largest absolute Gasteiger partial charge is 0.471 e. The number of nitrogens with zero attached hydrogens (tertiary/aromatic N) is 2. The summed E-state index contributed by atoms with van der Waals surface area (Å²) < 4.78 is 5.12. The molecule has 6 nitrogen and oxygen atoms in total. The molecule has 15 heavy (non-hydrogen) atoms. The molecule has 1 aromatic heterocycles. The molecule has 0 aliphatic heterocycles. The molecule has 82 valence electrons. The van der Waals surface area contributed by atoms with E-state index in [2.05, 4.69) is 10.3 Å². The minimum absolute atomic E-state index is 0.0142. The van der Waals surface area contributed by atoms with Gasteiger partial charge in [-0.1, -0.05) is 11.6 Å². The van der Waals surface area contributed by atoms with Crippen LogP contribution in [0.1, 0.15) is 0 Å². The second-order valence-electron chi connectivity index (χ2n) is 2.69. The average Bonchev–Trinajstić information content (AvgIpc) is 2.20. The molecule has 1 heterocycles. The van der Waals surface area contributed by atoms with Gasteiger partial charge in [0.25, 0.3) is 5.88 Å². The molecule has 1 aromatic rings. The van der Waals surface area contributed by atoms with Crippen molar-refractivity contribution in [3.8, 4) is 5.88 Å².